The highest BCUT2D eigenvalue weighted by molar-refractivity contribution is 5.94. The van der Waals surface area contributed by atoms with Crippen LogP contribution in [-0.2, 0) is 16.1 Å². The lowest BCUT2D eigenvalue weighted by Crippen LogP contribution is -2.35. The van der Waals surface area contributed by atoms with Crippen molar-refractivity contribution in [1.29, 1.82) is 0 Å². The van der Waals surface area contributed by atoms with Crippen molar-refractivity contribution in [2.45, 2.75) is 50.6 Å². The van der Waals surface area contributed by atoms with E-state index >= 15 is 0 Å². The minimum absolute atomic E-state index is 0.0312. The molecule has 2 aromatic rings. The predicted octanol–water partition coefficient (Wildman–Crippen LogP) is 2.28. The fourth-order valence-corrected chi connectivity index (χ4v) is 3.54. The van der Waals surface area contributed by atoms with Gasteiger partial charge in [-0.1, -0.05) is 12.8 Å². The van der Waals surface area contributed by atoms with Crippen LogP contribution in [-0.4, -0.2) is 27.6 Å². The third-order valence-electron chi connectivity index (χ3n) is 4.96. The summed E-state index contributed by atoms with van der Waals surface area (Å²) in [4.78, 5) is 24.3. The Morgan fingerprint density at radius 1 is 1.32 bits per heavy atom. The summed E-state index contributed by atoms with van der Waals surface area (Å²) < 4.78 is 6.90. The van der Waals surface area contributed by atoms with Gasteiger partial charge in [-0.05, 0) is 31.4 Å². The highest BCUT2D eigenvalue weighted by Crippen LogP contribution is 2.48. The van der Waals surface area contributed by atoms with Crippen LogP contribution in [0.3, 0.4) is 0 Å². The summed E-state index contributed by atoms with van der Waals surface area (Å²) in [6.07, 6.45) is 10.2. The van der Waals surface area contributed by atoms with E-state index in [1.807, 2.05) is 12.1 Å². The molecule has 2 aliphatic carbocycles. The number of hydrogen-bond acceptors (Lipinski definition) is 4. The monoisotopic (exact) mass is 342 g/mol. The fourth-order valence-electron chi connectivity index (χ4n) is 3.54. The molecule has 2 fully saturated rings. The SMILES string of the molecule is O=C(Cn1cc(NC(=O)[C@H]2C[C@@H]2c2ccco2)cn1)NC1CCCC1. The minimum atomic E-state index is -0.0554. The second-order valence-electron chi connectivity index (χ2n) is 6.93. The van der Waals surface area contributed by atoms with Crippen molar-refractivity contribution in [3.8, 4) is 0 Å². The molecule has 132 valence electrons. The zero-order chi connectivity index (χ0) is 17.2. The van der Waals surface area contributed by atoms with Crippen molar-refractivity contribution < 1.29 is 14.0 Å². The van der Waals surface area contributed by atoms with Crippen LogP contribution in [0.1, 0.15) is 43.8 Å². The second-order valence-corrected chi connectivity index (χ2v) is 6.93. The van der Waals surface area contributed by atoms with Gasteiger partial charge in [0.25, 0.3) is 0 Å². The zero-order valence-corrected chi connectivity index (χ0v) is 14.0. The molecule has 2 saturated carbocycles. The third kappa shape index (κ3) is 3.75. The van der Waals surface area contributed by atoms with Crippen molar-refractivity contribution in [2.24, 2.45) is 5.92 Å². The zero-order valence-electron chi connectivity index (χ0n) is 14.0. The number of carbonyl (C=O) groups is 2. The van der Waals surface area contributed by atoms with Gasteiger partial charge in [-0.25, -0.2) is 0 Å². The number of rotatable bonds is 6. The first-order valence-electron chi connectivity index (χ1n) is 8.85. The molecular weight excluding hydrogens is 320 g/mol. The lowest BCUT2D eigenvalue weighted by molar-refractivity contribution is -0.122. The Labute approximate surface area is 145 Å². The number of nitrogens with one attached hydrogen (secondary N) is 2. The van der Waals surface area contributed by atoms with E-state index in [-0.39, 0.29) is 30.2 Å². The van der Waals surface area contributed by atoms with Crippen molar-refractivity contribution in [1.82, 2.24) is 15.1 Å². The Kier molecular flexibility index (Phi) is 4.29. The van der Waals surface area contributed by atoms with Crippen LogP contribution >= 0.6 is 0 Å². The molecule has 0 bridgehead atoms. The number of furan rings is 1. The van der Waals surface area contributed by atoms with Gasteiger partial charge in [-0.3, -0.25) is 14.3 Å². The molecule has 0 saturated heterocycles. The van der Waals surface area contributed by atoms with Crippen LogP contribution in [0.2, 0.25) is 0 Å². The molecule has 0 unspecified atom stereocenters. The minimum Gasteiger partial charge on any atom is -0.469 e. The summed E-state index contributed by atoms with van der Waals surface area (Å²) in [7, 11) is 0. The van der Waals surface area contributed by atoms with Crippen LogP contribution in [0.5, 0.6) is 0 Å². The first-order valence-corrected chi connectivity index (χ1v) is 8.85. The van der Waals surface area contributed by atoms with Crippen LogP contribution < -0.4 is 10.6 Å². The first kappa shape index (κ1) is 15.9. The molecule has 0 aromatic carbocycles. The second kappa shape index (κ2) is 6.74. The Morgan fingerprint density at radius 2 is 2.16 bits per heavy atom. The molecule has 2 N–H and O–H groups in total. The molecule has 7 heteroatoms. The van der Waals surface area contributed by atoms with Gasteiger partial charge in [0.2, 0.25) is 11.8 Å². The van der Waals surface area contributed by atoms with Crippen LogP contribution in [0.4, 0.5) is 5.69 Å². The van der Waals surface area contributed by atoms with Gasteiger partial charge in [0.1, 0.15) is 12.3 Å². The van der Waals surface area contributed by atoms with Gasteiger partial charge in [0, 0.05) is 24.1 Å². The maximum atomic E-state index is 12.3. The molecule has 4 rings (SSSR count). The van der Waals surface area contributed by atoms with Crippen molar-refractivity contribution in [3.63, 3.8) is 0 Å². The summed E-state index contributed by atoms with van der Waals surface area (Å²) in [5.74, 6) is 0.908. The third-order valence-corrected chi connectivity index (χ3v) is 4.96. The summed E-state index contributed by atoms with van der Waals surface area (Å²) in [5, 5.41) is 10.1. The standard InChI is InChI=1S/C18H22N4O3/c23-17(20-12-4-1-2-5-12)11-22-10-13(9-19-22)21-18(24)15-8-14(15)16-6-3-7-25-16/h3,6-7,9-10,12,14-15H,1-2,4-5,8,11H2,(H,20,23)(H,21,24)/t14-,15-/m0/s1. The van der Waals surface area contributed by atoms with E-state index in [1.165, 1.54) is 12.8 Å². The summed E-state index contributed by atoms with van der Waals surface area (Å²) in [6, 6.07) is 4.04. The number of hydrogen-bond donors (Lipinski definition) is 2. The van der Waals surface area contributed by atoms with E-state index in [4.69, 9.17) is 4.42 Å². The largest absolute Gasteiger partial charge is 0.469 e. The lowest BCUT2D eigenvalue weighted by Gasteiger charge is -2.11. The maximum Gasteiger partial charge on any atom is 0.241 e. The highest BCUT2D eigenvalue weighted by atomic mass is 16.3. The van der Waals surface area contributed by atoms with Crippen LogP contribution in [0.25, 0.3) is 0 Å². The van der Waals surface area contributed by atoms with Crippen molar-refractivity contribution in [3.05, 3.63) is 36.5 Å². The van der Waals surface area contributed by atoms with Gasteiger partial charge in [-0.15, -0.1) is 0 Å². The molecule has 0 radical (unpaired) electrons. The number of carbonyl (C=O) groups excluding carboxylic acids is 2. The highest BCUT2D eigenvalue weighted by Gasteiger charge is 2.45. The van der Waals surface area contributed by atoms with Gasteiger partial charge in [-0.2, -0.15) is 5.10 Å². The Bertz CT molecular complexity index is 746. The molecule has 7 nitrogen and oxygen atoms in total. The smallest absolute Gasteiger partial charge is 0.241 e. The van der Waals surface area contributed by atoms with Gasteiger partial charge in [0.15, 0.2) is 0 Å². The summed E-state index contributed by atoms with van der Waals surface area (Å²) in [5.41, 5.74) is 0.615. The number of anilines is 1. The Balaban J connectivity index is 1.26. The maximum absolute atomic E-state index is 12.3. The molecule has 0 aliphatic heterocycles. The molecule has 0 spiro atoms. The number of nitrogens with zero attached hydrogens (tertiary/aromatic N) is 2. The summed E-state index contributed by atoms with van der Waals surface area (Å²) >= 11 is 0. The average molecular weight is 342 g/mol. The number of aromatic nitrogens is 2. The Morgan fingerprint density at radius 3 is 2.92 bits per heavy atom. The molecule has 2 atom stereocenters. The normalized spacial score (nSPS) is 22.7. The molecule has 2 aromatic heterocycles. The molecular formula is C18H22N4O3. The van der Waals surface area contributed by atoms with Gasteiger partial charge >= 0.3 is 0 Å². The van der Waals surface area contributed by atoms with Crippen molar-refractivity contribution >= 4 is 17.5 Å². The summed E-state index contributed by atoms with van der Waals surface area (Å²) in [6.45, 7) is 0.171. The molecule has 2 heterocycles. The van der Waals surface area contributed by atoms with Gasteiger partial charge in [0.05, 0.1) is 18.1 Å². The molecule has 2 amide bonds. The van der Waals surface area contributed by atoms with E-state index in [0.29, 0.717) is 11.7 Å². The average Bonchev–Trinajstić information content (AvgIpc) is 3.03. The van der Waals surface area contributed by atoms with E-state index in [9.17, 15) is 9.59 Å². The fraction of sp³-hybridized carbons (Fsp3) is 0.500. The topological polar surface area (TPSA) is 89.2 Å². The van der Waals surface area contributed by atoms with E-state index < -0.39 is 0 Å². The van der Waals surface area contributed by atoms with Crippen LogP contribution in [0, 0.1) is 5.92 Å². The predicted molar refractivity (Wildman–Crippen MR) is 90.8 cm³/mol. The van der Waals surface area contributed by atoms with E-state index in [1.54, 1.807) is 23.3 Å². The van der Waals surface area contributed by atoms with Gasteiger partial charge < -0.3 is 15.1 Å². The van der Waals surface area contributed by atoms with Crippen molar-refractivity contribution in [2.75, 3.05) is 5.32 Å². The van der Waals surface area contributed by atoms with Crippen LogP contribution in [0.15, 0.2) is 35.2 Å². The first-order chi connectivity index (χ1) is 12.2. The van der Waals surface area contributed by atoms with E-state index in [2.05, 4.69) is 15.7 Å². The molecule has 25 heavy (non-hydrogen) atoms. The number of amides is 2. The Hall–Kier alpha value is -2.57. The lowest BCUT2D eigenvalue weighted by atomic mass is 10.2. The quantitative estimate of drug-likeness (QED) is 0.843. The van der Waals surface area contributed by atoms with E-state index in [0.717, 1.165) is 25.0 Å². The molecule has 2 aliphatic rings.